The number of carbonyl (C=O) groups is 3. The van der Waals surface area contributed by atoms with Gasteiger partial charge in [0.15, 0.2) is 0 Å². The molecule has 1 saturated heterocycles. The minimum absolute atomic E-state index is 0.0141. The van der Waals surface area contributed by atoms with Gasteiger partial charge in [0.2, 0.25) is 11.8 Å². The summed E-state index contributed by atoms with van der Waals surface area (Å²) in [7, 11) is 0. The Labute approximate surface area is 211 Å². The van der Waals surface area contributed by atoms with Crippen molar-refractivity contribution < 1.29 is 23.5 Å². The number of nitriles is 1. The molecule has 0 spiro atoms. The Kier molecular flexibility index (Phi) is 7.11. The highest BCUT2D eigenvalue weighted by Gasteiger charge is 2.52. The number of rotatable bonds is 6. The fourth-order valence-corrected chi connectivity index (χ4v) is 5.63. The minimum Gasteiger partial charge on any atom is -0.456 e. The van der Waals surface area contributed by atoms with Gasteiger partial charge in [0.25, 0.3) is 0 Å². The molecular formula is C27H35FN4O4. The minimum atomic E-state index is -1.14. The molecule has 2 N–H and O–H groups in total. The van der Waals surface area contributed by atoms with Gasteiger partial charge in [-0.3, -0.25) is 9.59 Å². The number of alkyl halides is 1. The zero-order valence-electron chi connectivity index (χ0n) is 21.2. The first kappa shape index (κ1) is 26.1. The Hall–Kier alpha value is -2.99. The van der Waals surface area contributed by atoms with Crippen molar-refractivity contribution >= 4 is 23.5 Å². The number of anilines is 1. The fourth-order valence-electron chi connectivity index (χ4n) is 5.63. The molecule has 1 heterocycles. The van der Waals surface area contributed by atoms with E-state index in [9.17, 15) is 24.0 Å². The largest absolute Gasteiger partial charge is 0.456 e. The first-order chi connectivity index (χ1) is 16.9. The first-order valence-corrected chi connectivity index (χ1v) is 12.7. The summed E-state index contributed by atoms with van der Waals surface area (Å²) in [5.41, 5.74) is -0.160. The summed E-state index contributed by atoms with van der Waals surface area (Å²) in [5, 5.41) is 15.6. The van der Waals surface area contributed by atoms with Gasteiger partial charge in [0, 0.05) is 23.1 Å². The van der Waals surface area contributed by atoms with Gasteiger partial charge in [-0.25, -0.2) is 9.18 Å². The van der Waals surface area contributed by atoms with Crippen LogP contribution < -0.4 is 10.6 Å². The fraction of sp³-hybridized carbons (Fsp3) is 0.630. The van der Waals surface area contributed by atoms with Crippen molar-refractivity contribution in [2.24, 2.45) is 5.41 Å². The van der Waals surface area contributed by atoms with Crippen LogP contribution in [0.25, 0.3) is 0 Å². The molecule has 3 aliphatic carbocycles. The lowest BCUT2D eigenvalue weighted by Crippen LogP contribution is -2.59. The van der Waals surface area contributed by atoms with Crippen molar-refractivity contribution in [1.29, 1.82) is 5.26 Å². The number of hydrogen-bond donors (Lipinski definition) is 2. The van der Waals surface area contributed by atoms with Gasteiger partial charge >= 0.3 is 5.97 Å². The molecule has 4 aliphatic rings. The van der Waals surface area contributed by atoms with E-state index in [0.29, 0.717) is 30.5 Å². The molecule has 0 unspecified atom stereocenters. The van der Waals surface area contributed by atoms with E-state index in [2.05, 4.69) is 10.6 Å². The van der Waals surface area contributed by atoms with Crippen molar-refractivity contribution in [2.45, 2.75) is 89.1 Å². The van der Waals surface area contributed by atoms with Gasteiger partial charge in [0.05, 0.1) is 24.7 Å². The highest BCUT2D eigenvalue weighted by Crippen LogP contribution is 2.52. The molecule has 36 heavy (non-hydrogen) atoms. The van der Waals surface area contributed by atoms with E-state index in [1.807, 2.05) is 26.8 Å². The molecule has 1 aromatic rings. The van der Waals surface area contributed by atoms with E-state index in [4.69, 9.17) is 4.74 Å². The first-order valence-electron chi connectivity index (χ1n) is 12.7. The maximum atomic E-state index is 13.7. The average Bonchev–Trinajstić information content (AvgIpc) is 3.24. The van der Waals surface area contributed by atoms with E-state index in [1.54, 1.807) is 24.3 Å². The Bertz CT molecular complexity index is 1030. The maximum Gasteiger partial charge on any atom is 0.338 e. The van der Waals surface area contributed by atoms with Crippen LogP contribution in [0.1, 0.15) is 76.1 Å². The number of nitrogens with zero attached hydrogens (tertiary/aromatic N) is 2. The quantitative estimate of drug-likeness (QED) is 0.578. The maximum absolute atomic E-state index is 13.7. The van der Waals surface area contributed by atoms with Crippen molar-refractivity contribution in [3.63, 3.8) is 0 Å². The van der Waals surface area contributed by atoms with E-state index in [0.717, 1.165) is 19.3 Å². The summed E-state index contributed by atoms with van der Waals surface area (Å²) >= 11 is 0. The van der Waals surface area contributed by atoms with Gasteiger partial charge in [-0.15, -0.1) is 0 Å². The number of fused-ring (bicyclic) bond motifs is 3. The molecule has 1 aliphatic heterocycles. The second kappa shape index (κ2) is 9.81. The highest BCUT2D eigenvalue weighted by atomic mass is 19.1. The third-order valence-corrected chi connectivity index (χ3v) is 7.84. The third-order valence-electron chi connectivity index (χ3n) is 7.84. The van der Waals surface area contributed by atoms with Crippen LogP contribution in [0, 0.1) is 16.7 Å². The third kappa shape index (κ3) is 5.54. The summed E-state index contributed by atoms with van der Waals surface area (Å²) in [5.74, 6) is -0.663. The lowest BCUT2D eigenvalue weighted by atomic mass is 9.57. The van der Waals surface area contributed by atoms with Crippen LogP contribution in [0.5, 0.6) is 0 Å². The Balaban J connectivity index is 1.30. The summed E-state index contributed by atoms with van der Waals surface area (Å²) in [4.78, 5) is 39.4. The predicted molar refractivity (Wildman–Crippen MR) is 132 cm³/mol. The normalized spacial score (nSPS) is 29.5. The molecule has 194 valence electrons. The van der Waals surface area contributed by atoms with Gasteiger partial charge in [-0.2, -0.15) is 5.26 Å². The molecule has 2 atom stereocenters. The standard InChI is InChI=1S/C27H35FN4O4/c1-25(2,3)36-23(34)18-4-6-20(7-5-18)31-24(35)26-8-11-27(12-9-26,13-10-26)30-16-22(33)32-17-19(28)14-21(32)15-29/h4-7,19,21,30H,8-14,16-17H2,1-3H3,(H,31,35)/t19-,21-,26?,27?/m0/s1. The van der Waals surface area contributed by atoms with E-state index >= 15 is 0 Å². The number of likely N-dealkylation sites (tertiary alicyclic amines) is 1. The van der Waals surface area contributed by atoms with Crippen LogP contribution >= 0.6 is 0 Å². The molecule has 3 saturated carbocycles. The lowest BCUT2D eigenvalue weighted by Gasteiger charge is -2.52. The number of halogens is 1. The molecule has 9 heteroatoms. The summed E-state index contributed by atoms with van der Waals surface area (Å²) in [6.45, 7) is 5.50. The van der Waals surface area contributed by atoms with Crippen LogP contribution in [0.2, 0.25) is 0 Å². The topological polar surface area (TPSA) is 112 Å². The van der Waals surface area contributed by atoms with Crippen LogP contribution in [0.3, 0.4) is 0 Å². The van der Waals surface area contributed by atoms with Crippen LogP contribution in [0.15, 0.2) is 24.3 Å². The summed E-state index contributed by atoms with van der Waals surface area (Å²) < 4.78 is 19.1. The van der Waals surface area contributed by atoms with Crippen LogP contribution in [0.4, 0.5) is 10.1 Å². The number of amides is 2. The predicted octanol–water partition coefficient (Wildman–Crippen LogP) is 3.73. The highest BCUT2D eigenvalue weighted by molar-refractivity contribution is 5.96. The second-order valence-corrected chi connectivity index (χ2v) is 11.5. The van der Waals surface area contributed by atoms with Crippen LogP contribution in [-0.2, 0) is 14.3 Å². The molecule has 5 rings (SSSR count). The van der Waals surface area contributed by atoms with Crippen molar-refractivity contribution in [2.75, 3.05) is 18.4 Å². The molecular weight excluding hydrogens is 463 g/mol. The zero-order valence-corrected chi connectivity index (χ0v) is 21.2. The Morgan fingerprint density at radius 3 is 2.28 bits per heavy atom. The van der Waals surface area contributed by atoms with E-state index in [-0.39, 0.29) is 36.9 Å². The smallest absolute Gasteiger partial charge is 0.338 e. The average molecular weight is 499 g/mol. The molecule has 0 radical (unpaired) electrons. The monoisotopic (exact) mass is 498 g/mol. The van der Waals surface area contributed by atoms with Crippen molar-refractivity contribution in [1.82, 2.24) is 10.2 Å². The van der Waals surface area contributed by atoms with Crippen LogP contribution in [-0.4, -0.2) is 59.1 Å². The molecule has 2 amide bonds. The molecule has 2 bridgehead atoms. The van der Waals surface area contributed by atoms with Gasteiger partial charge in [-0.1, -0.05) is 0 Å². The number of benzene rings is 1. The zero-order chi connectivity index (χ0) is 26.1. The van der Waals surface area contributed by atoms with Crippen molar-refractivity contribution in [3.05, 3.63) is 29.8 Å². The Morgan fingerprint density at radius 1 is 1.11 bits per heavy atom. The summed E-state index contributed by atoms with van der Waals surface area (Å²) in [6.07, 6.45) is 3.41. The SMILES string of the molecule is CC(C)(C)OC(=O)c1ccc(NC(=O)C23CCC(NCC(=O)N4C[C@@H](F)C[C@H]4C#N)(CC2)CC3)cc1. The number of ether oxygens (including phenoxy) is 1. The Morgan fingerprint density at radius 2 is 1.72 bits per heavy atom. The molecule has 0 aromatic heterocycles. The number of nitrogens with one attached hydrogen (secondary N) is 2. The van der Waals surface area contributed by atoms with E-state index in [1.165, 1.54) is 4.90 Å². The lowest BCUT2D eigenvalue weighted by molar-refractivity contribution is -0.135. The van der Waals surface area contributed by atoms with Gasteiger partial charge in [0.1, 0.15) is 17.8 Å². The number of hydrogen-bond acceptors (Lipinski definition) is 6. The number of carbonyl (C=O) groups excluding carboxylic acids is 3. The molecule has 1 aromatic carbocycles. The summed E-state index contributed by atoms with van der Waals surface area (Å²) in [6, 6.07) is 8.05. The van der Waals surface area contributed by atoms with Gasteiger partial charge in [-0.05, 0) is 83.6 Å². The number of esters is 1. The second-order valence-electron chi connectivity index (χ2n) is 11.5. The van der Waals surface area contributed by atoms with E-state index < -0.39 is 29.2 Å². The van der Waals surface area contributed by atoms with Gasteiger partial charge < -0.3 is 20.3 Å². The molecule has 4 fully saturated rings. The molecule has 8 nitrogen and oxygen atoms in total. The van der Waals surface area contributed by atoms with Crippen molar-refractivity contribution in [3.8, 4) is 6.07 Å².